The minimum absolute atomic E-state index is 0.148. The molecule has 0 unspecified atom stereocenters. The topological polar surface area (TPSA) is 94.1 Å². The van der Waals surface area contributed by atoms with Crippen molar-refractivity contribution in [3.05, 3.63) is 70.3 Å². The van der Waals surface area contributed by atoms with Crippen molar-refractivity contribution < 1.29 is 5.11 Å². The lowest BCUT2D eigenvalue weighted by molar-refractivity contribution is 0.203. The van der Waals surface area contributed by atoms with Crippen LogP contribution in [0.15, 0.2) is 53.5 Å². The molecule has 7 nitrogen and oxygen atoms in total. The number of H-pyrrole nitrogens is 1. The molecule has 1 aliphatic heterocycles. The second-order valence-corrected chi connectivity index (χ2v) is 8.00. The third kappa shape index (κ3) is 5.30. The Morgan fingerprint density at radius 1 is 1.16 bits per heavy atom. The van der Waals surface area contributed by atoms with Gasteiger partial charge in [-0.2, -0.15) is 0 Å². The minimum Gasteiger partial charge on any atom is -0.396 e. The normalized spacial score (nSPS) is 14.6. The van der Waals surface area contributed by atoms with Gasteiger partial charge in [0.15, 0.2) is 0 Å². The molecule has 1 fully saturated rings. The second kappa shape index (κ2) is 9.75. The zero-order chi connectivity index (χ0) is 21.6. The number of benzene rings is 1. The van der Waals surface area contributed by atoms with Crippen molar-refractivity contribution in [2.24, 2.45) is 5.92 Å². The summed E-state index contributed by atoms with van der Waals surface area (Å²) in [5, 5.41) is 12.6. The fourth-order valence-electron chi connectivity index (χ4n) is 3.86. The Labute approximate surface area is 182 Å². The number of piperidine rings is 1. The fraction of sp³-hybridized carbons (Fsp3) is 0.375. The van der Waals surface area contributed by atoms with Crippen LogP contribution in [0.4, 0.5) is 11.5 Å². The number of nitrogens with zero attached hydrogens (tertiary/aromatic N) is 3. The van der Waals surface area contributed by atoms with Crippen molar-refractivity contribution in [1.29, 1.82) is 0 Å². The van der Waals surface area contributed by atoms with Crippen LogP contribution in [-0.2, 0) is 13.0 Å². The molecule has 0 aliphatic carbocycles. The molecule has 31 heavy (non-hydrogen) atoms. The maximum Gasteiger partial charge on any atom is 0.251 e. The van der Waals surface area contributed by atoms with Crippen LogP contribution in [0, 0.1) is 5.92 Å². The third-order valence-corrected chi connectivity index (χ3v) is 5.84. The van der Waals surface area contributed by atoms with Gasteiger partial charge in [-0.25, -0.2) is 9.97 Å². The van der Waals surface area contributed by atoms with E-state index < -0.39 is 0 Å². The first-order chi connectivity index (χ1) is 15.1. The third-order valence-electron chi connectivity index (χ3n) is 5.84. The van der Waals surface area contributed by atoms with Gasteiger partial charge in [0.2, 0.25) is 0 Å². The Hall–Kier alpha value is -3.19. The van der Waals surface area contributed by atoms with Crippen LogP contribution in [0.5, 0.6) is 0 Å². The number of anilines is 2. The van der Waals surface area contributed by atoms with Gasteiger partial charge < -0.3 is 20.3 Å². The van der Waals surface area contributed by atoms with Crippen molar-refractivity contribution >= 4 is 11.5 Å². The lowest BCUT2D eigenvalue weighted by atomic mass is 9.97. The summed E-state index contributed by atoms with van der Waals surface area (Å²) in [6.07, 6.45) is 4.53. The highest BCUT2D eigenvalue weighted by Gasteiger charge is 2.18. The van der Waals surface area contributed by atoms with Gasteiger partial charge in [0.05, 0.1) is 0 Å². The number of pyridine rings is 1. The van der Waals surface area contributed by atoms with E-state index >= 15 is 0 Å². The monoisotopic (exact) mass is 419 g/mol. The maximum absolute atomic E-state index is 11.8. The first-order valence-electron chi connectivity index (χ1n) is 10.9. The molecule has 3 aromatic rings. The molecule has 7 heteroatoms. The van der Waals surface area contributed by atoms with E-state index in [1.165, 1.54) is 17.3 Å². The molecule has 0 spiro atoms. The molecule has 0 saturated carbocycles. The van der Waals surface area contributed by atoms with Crippen molar-refractivity contribution in [1.82, 2.24) is 15.0 Å². The highest BCUT2D eigenvalue weighted by molar-refractivity contribution is 5.56. The van der Waals surface area contributed by atoms with E-state index in [4.69, 9.17) is 0 Å². The predicted molar refractivity (Wildman–Crippen MR) is 123 cm³/mol. The van der Waals surface area contributed by atoms with Gasteiger partial charge in [0, 0.05) is 55.4 Å². The molecule has 162 valence electrons. The first kappa shape index (κ1) is 21.1. The van der Waals surface area contributed by atoms with Crippen LogP contribution in [0.1, 0.15) is 31.0 Å². The molecule has 2 aromatic heterocycles. The molecule has 3 N–H and O–H groups in total. The van der Waals surface area contributed by atoms with E-state index in [1.54, 1.807) is 6.20 Å². The molecule has 0 amide bonds. The predicted octanol–water partition coefficient (Wildman–Crippen LogP) is 3.22. The number of aliphatic hydroxyl groups is 1. The first-order valence-corrected chi connectivity index (χ1v) is 10.9. The summed E-state index contributed by atoms with van der Waals surface area (Å²) in [7, 11) is 0. The van der Waals surface area contributed by atoms with E-state index in [0.29, 0.717) is 31.3 Å². The van der Waals surface area contributed by atoms with Gasteiger partial charge >= 0.3 is 0 Å². The molecule has 1 aromatic carbocycles. The SMILES string of the molecule is CCc1cc(=O)[nH]c(-c2ccc(NCc3ccc(N4CCC(CO)CC4)cc3)nc2)n1. The maximum atomic E-state index is 11.8. The number of aromatic amines is 1. The summed E-state index contributed by atoms with van der Waals surface area (Å²) in [5.74, 6) is 1.76. The Morgan fingerprint density at radius 2 is 1.94 bits per heavy atom. The van der Waals surface area contributed by atoms with Gasteiger partial charge in [-0.1, -0.05) is 19.1 Å². The lowest BCUT2D eigenvalue weighted by Crippen LogP contribution is -2.34. The molecule has 0 radical (unpaired) electrons. The van der Waals surface area contributed by atoms with Crippen LogP contribution in [0.2, 0.25) is 0 Å². The average molecular weight is 420 g/mol. The summed E-state index contributed by atoms with van der Waals surface area (Å²) < 4.78 is 0. The number of rotatable bonds is 7. The highest BCUT2D eigenvalue weighted by atomic mass is 16.3. The summed E-state index contributed by atoms with van der Waals surface area (Å²) in [6.45, 7) is 4.95. The zero-order valence-corrected chi connectivity index (χ0v) is 17.8. The number of aromatic nitrogens is 3. The van der Waals surface area contributed by atoms with Crippen molar-refractivity contribution in [2.45, 2.75) is 32.7 Å². The van der Waals surface area contributed by atoms with E-state index in [9.17, 15) is 9.90 Å². The van der Waals surface area contributed by atoms with E-state index in [-0.39, 0.29) is 5.56 Å². The van der Waals surface area contributed by atoms with E-state index in [0.717, 1.165) is 43.0 Å². The number of aryl methyl sites for hydroxylation is 1. The molecule has 0 atom stereocenters. The van der Waals surface area contributed by atoms with Crippen LogP contribution >= 0.6 is 0 Å². The van der Waals surface area contributed by atoms with Crippen LogP contribution in [0.3, 0.4) is 0 Å². The summed E-state index contributed by atoms with van der Waals surface area (Å²) in [5.41, 5.74) is 3.82. The number of aliphatic hydroxyl groups excluding tert-OH is 1. The Balaban J connectivity index is 1.34. The van der Waals surface area contributed by atoms with E-state index in [1.807, 2.05) is 19.1 Å². The largest absolute Gasteiger partial charge is 0.396 e. The smallest absolute Gasteiger partial charge is 0.251 e. The summed E-state index contributed by atoms with van der Waals surface area (Å²) in [4.78, 5) is 25.9. The van der Waals surface area contributed by atoms with Crippen molar-refractivity contribution in [3.8, 4) is 11.4 Å². The average Bonchev–Trinajstić information content (AvgIpc) is 2.83. The zero-order valence-electron chi connectivity index (χ0n) is 17.8. The summed E-state index contributed by atoms with van der Waals surface area (Å²) in [6, 6.07) is 13.9. The van der Waals surface area contributed by atoms with Crippen LogP contribution in [0.25, 0.3) is 11.4 Å². The van der Waals surface area contributed by atoms with Crippen molar-refractivity contribution in [3.63, 3.8) is 0 Å². The Kier molecular flexibility index (Phi) is 6.62. The Bertz CT molecular complexity index is 1040. The van der Waals surface area contributed by atoms with E-state index in [2.05, 4.69) is 49.4 Å². The molecular formula is C24H29N5O2. The number of hydrogen-bond donors (Lipinski definition) is 3. The van der Waals surface area contributed by atoms with Crippen LogP contribution in [-0.4, -0.2) is 39.8 Å². The highest BCUT2D eigenvalue weighted by Crippen LogP contribution is 2.23. The molecule has 0 bridgehead atoms. The van der Waals surface area contributed by atoms with Crippen LogP contribution < -0.4 is 15.8 Å². The molecular weight excluding hydrogens is 390 g/mol. The van der Waals surface area contributed by atoms with Gasteiger partial charge in [-0.05, 0) is 55.0 Å². The minimum atomic E-state index is -0.148. The molecule has 3 heterocycles. The molecule has 1 saturated heterocycles. The molecule has 1 aliphatic rings. The van der Waals surface area contributed by atoms with Gasteiger partial charge in [-0.15, -0.1) is 0 Å². The number of nitrogens with one attached hydrogen (secondary N) is 2. The van der Waals surface area contributed by atoms with Crippen molar-refractivity contribution in [2.75, 3.05) is 29.9 Å². The lowest BCUT2D eigenvalue weighted by Gasteiger charge is -2.33. The quantitative estimate of drug-likeness (QED) is 0.544. The van der Waals surface area contributed by atoms with Gasteiger partial charge in [0.1, 0.15) is 11.6 Å². The fourth-order valence-corrected chi connectivity index (χ4v) is 3.86. The van der Waals surface area contributed by atoms with Gasteiger partial charge in [0.25, 0.3) is 5.56 Å². The Morgan fingerprint density at radius 3 is 2.58 bits per heavy atom. The summed E-state index contributed by atoms with van der Waals surface area (Å²) >= 11 is 0. The van der Waals surface area contributed by atoms with Gasteiger partial charge in [-0.3, -0.25) is 4.79 Å². The standard InChI is InChI=1S/C24H29N5O2/c1-2-20-13-23(31)28-24(27-20)19-5-8-22(26-15-19)25-14-17-3-6-21(7-4-17)29-11-9-18(16-30)10-12-29/h3-8,13,15,18,30H,2,9-12,14,16H2,1H3,(H,25,26)(H,27,28,31). The molecule has 4 rings (SSSR count). The number of hydrogen-bond acceptors (Lipinski definition) is 6. The second-order valence-electron chi connectivity index (χ2n) is 8.00.